The highest BCUT2D eigenvalue weighted by Crippen LogP contribution is 2.25. The van der Waals surface area contributed by atoms with Crippen LogP contribution in [0.15, 0.2) is 23.1 Å². The number of hydrogen-bond donors (Lipinski definition) is 2. The summed E-state index contributed by atoms with van der Waals surface area (Å²) in [6.07, 6.45) is 5.73. The number of nitrogens with zero attached hydrogens (tertiary/aromatic N) is 2. The molecule has 4 rings (SSSR count). The number of carbonyl (C=O) groups is 1. The van der Waals surface area contributed by atoms with Crippen molar-refractivity contribution in [3.8, 4) is 0 Å². The minimum atomic E-state index is -0.398. The van der Waals surface area contributed by atoms with Gasteiger partial charge in [-0.15, -0.1) is 0 Å². The Labute approximate surface area is 170 Å². The molecule has 2 aliphatic rings. The number of pyridine rings is 1. The molecule has 7 heteroatoms. The molecular formula is C22H30FN4O2+. The van der Waals surface area contributed by atoms with Gasteiger partial charge in [0.2, 0.25) is 5.43 Å². The highest BCUT2D eigenvalue weighted by Gasteiger charge is 2.24. The number of fused-ring (bicyclic) bond motifs is 1. The first-order chi connectivity index (χ1) is 14.0. The lowest BCUT2D eigenvalue weighted by Crippen LogP contribution is -3.12. The largest absolute Gasteiger partial charge is 0.358 e. The van der Waals surface area contributed by atoms with E-state index in [-0.39, 0.29) is 22.9 Å². The quantitative estimate of drug-likeness (QED) is 0.809. The van der Waals surface area contributed by atoms with Crippen LogP contribution in [0.25, 0.3) is 10.9 Å². The molecule has 6 nitrogen and oxygen atoms in total. The maximum absolute atomic E-state index is 15.0. The summed E-state index contributed by atoms with van der Waals surface area (Å²) in [5.41, 5.74) is 0.919. The summed E-state index contributed by atoms with van der Waals surface area (Å²) in [6.45, 7) is 6.04. The Morgan fingerprint density at radius 3 is 2.59 bits per heavy atom. The zero-order chi connectivity index (χ0) is 20.5. The molecule has 0 bridgehead atoms. The average molecular weight is 402 g/mol. The number of hydrogen-bond acceptors (Lipinski definition) is 3. The van der Waals surface area contributed by atoms with Gasteiger partial charge in [-0.1, -0.05) is 12.8 Å². The number of quaternary nitrogens is 1. The third-order valence-corrected chi connectivity index (χ3v) is 6.38. The fourth-order valence-electron chi connectivity index (χ4n) is 4.53. The van der Waals surface area contributed by atoms with Crippen LogP contribution in [0.1, 0.15) is 43.0 Å². The van der Waals surface area contributed by atoms with E-state index < -0.39 is 11.2 Å². The number of aromatic nitrogens is 1. The molecule has 0 radical (unpaired) electrons. The number of anilines is 1. The molecule has 156 valence electrons. The SMILES string of the molecule is CCn1cc(C(=O)NC2CCCC2)c(=O)c2cc(F)c(N3CC[NH+](C)CC3)cc21. The Morgan fingerprint density at radius 1 is 1.24 bits per heavy atom. The minimum Gasteiger partial charge on any atom is -0.358 e. The second-order valence-corrected chi connectivity index (χ2v) is 8.38. The van der Waals surface area contributed by atoms with Gasteiger partial charge in [-0.05, 0) is 31.9 Å². The summed E-state index contributed by atoms with van der Waals surface area (Å²) in [6, 6.07) is 3.22. The normalized spacial score (nSPS) is 18.5. The first-order valence-electron chi connectivity index (χ1n) is 10.7. The van der Waals surface area contributed by atoms with Crippen molar-refractivity contribution >= 4 is 22.5 Å². The van der Waals surface area contributed by atoms with Crippen LogP contribution in [0.4, 0.5) is 10.1 Å². The zero-order valence-electron chi connectivity index (χ0n) is 17.3. The number of halogens is 1. The molecule has 1 amide bonds. The van der Waals surface area contributed by atoms with Crippen LogP contribution in [0, 0.1) is 5.82 Å². The van der Waals surface area contributed by atoms with Gasteiger partial charge < -0.3 is 19.7 Å². The smallest absolute Gasteiger partial charge is 0.256 e. The molecule has 1 saturated carbocycles. The standard InChI is InChI=1S/C22H29FN4O2/c1-3-26-14-17(22(29)24-15-6-4-5-7-15)21(28)16-12-18(23)20(13-19(16)26)27-10-8-25(2)9-11-27/h12-15H,3-11H2,1-2H3,(H,24,29)/p+1. The lowest BCUT2D eigenvalue weighted by atomic mass is 10.1. The first kappa shape index (κ1) is 19.9. The Hall–Kier alpha value is -2.41. The van der Waals surface area contributed by atoms with Gasteiger partial charge in [0.25, 0.3) is 5.91 Å². The summed E-state index contributed by atoms with van der Waals surface area (Å²) >= 11 is 0. The van der Waals surface area contributed by atoms with Crippen LogP contribution < -0.4 is 20.5 Å². The Balaban J connectivity index is 1.74. The summed E-state index contributed by atoms with van der Waals surface area (Å²) in [5.74, 6) is -0.748. The lowest BCUT2D eigenvalue weighted by Gasteiger charge is -2.32. The van der Waals surface area contributed by atoms with E-state index >= 15 is 0 Å². The molecule has 2 N–H and O–H groups in total. The molecule has 2 aromatic rings. The van der Waals surface area contributed by atoms with Crippen molar-refractivity contribution in [3.05, 3.63) is 39.9 Å². The molecule has 1 aromatic heterocycles. The number of rotatable bonds is 4. The van der Waals surface area contributed by atoms with Crippen molar-refractivity contribution in [3.63, 3.8) is 0 Å². The van der Waals surface area contributed by atoms with Gasteiger partial charge in [-0.3, -0.25) is 9.59 Å². The maximum atomic E-state index is 15.0. The number of piperazine rings is 1. The molecule has 2 fully saturated rings. The van der Waals surface area contributed by atoms with Gasteiger partial charge in [-0.25, -0.2) is 4.39 Å². The zero-order valence-corrected chi connectivity index (χ0v) is 17.3. The van der Waals surface area contributed by atoms with E-state index in [0.717, 1.165) is 51.9 Å². The van der Waals surface area contributed by atoms with Crippen molar-refractivity contribution in [2.45, 2.75) is 45.2 Å². The molecular weight excluding hydrogens is 371 g/mol. The van der Waals surface area contributed by atoms with Gasteiger partial charge in [-0.2, -0.15) is 0 Å². The molecule has 0 atom stereocenters. The van der Waals surface area contributed by atoms with Gasteiger partial charge >= 0.3 is 0 Å². The molecule has 1 aliphatic heterocycles. The predicted molar refractivity (Wildman–Crippen MR) is 112 cm³/mol. The van der Waals surface area contributed by atoms with Crippen LogP contribution in [0.3, 0.4) is 0 Å². The highest BCUT2D eigenvalue weighted by atomic mass is 19.1. The van der Waals surface area contributed by atoms with Crippen molar-refractivity contribution in [2.75, 3.05) is 38.1 Å². The van der Waals surface area contributed by atoms with Crippen LogP contribution in [0.2, 0.25) is 0 Å². The van der Waals surface area contributed by atoms with E-state index in [9.17, 15) is 14.0 Å². The van der Waals surface area contributed by atoms with E-state index in [1.165, 1.54) is 11.0 Å². The highest BCUT2D eigenvalue weighted by molar-refractivity contribution is 5.98. The molecule has 29 heavy (non-hydrogen) atoms. The molecule has 1 aromatic carbocycles. The Morgan fingerprint density at radius 2 is 1.93 bits per heavy atom. The van der Waals surface area contributed by atoms with Crippen molar-refractivity contribution < 1.29 is 14.1 Å². The molecule has 1 aliphatic carbocycles. The van der Waals surface area contributed by atoms with E-state index in [2.05, 4.69) is 12.4 Å². The summed E-state index contributed by atoms with van der Waals surface area (Å²) < 4.78 is 16.9. The number of aryl methyl sites for hydroxylation is 1. The first-order valence-corrected chi connectivity index (χ1v) is 10.7. The topological polar surface area (TPSA) is 58.8 Å². The summed E-state index contributed by atoms with van der Waals surface area (Å²) in [5, 5.41) is 3.25. The van der Waals surface area contributed by atoms with E-state index in [1.807, 2.05) is 16.4 Å². The number of likely N-dealkylation sites (N-methyl/N-ethyl adjacent to an activating group) is 1. The maximum Gasteiger partial charge on any atom is 0.256 e. The van der Waals surface area contributed by atoms with Crippen molar-refractivity contribution in [1.29, 1.82) is 0 Å². The molecule has 1 saturated heterocycles. The van der Waals surface area contributed by atoms with Crippen LogP contribution in [-0.2, 0) is 6.54 Å². The Bertz CT molecular complexity index is 973. The average Bonchev–Trinajstić information content (AvgIpc) is 3.22. The Kier molecular flexibility index (Phi) is 5.58. The predicted octanol–water partition coefficient (Wildman–Crippen LogP) is 1.17. The fraction of sp³-hybridized carbons (Fsp3) is 0.545. The second-order valence-electron chi connectivity index (χ2n) is 8.38. The second kappa shape index (κ2) is 8.14. The summed E-state index contributed by atoms with van der Waals surface area (Å²) in [4.78, 5) is 29.3. The molecule has 0 unspecified atom stereocenters. The van der Waals surface area contributed by atoms with Crippen LogP contribution >= 0.6 is 0 Å². The number of amides is 1. The number of nitrogens with one attached hydrogen (secondary N) is 2. The van der Waals surface area contributed by atoms with E-state index in [0.29, 0.717) is 17.7 Å². The minimum absolute atomic E-state index is 0.0987. The monoisotopic (exact) mass is 401 g/mol. The van der Waals surface area contributed by atoms with Gasteiger partial charge in [0, 0.05) is 24.2 Å². The molecule has 2 heterocycles. The van der Waals surface area contributed by atoms with Crippen molar-refractivity contribution in [2.24, 2.45) is 0 Å². The third kappa shape index (κ3) is 3.88. The van der Waals surface area contributed by atoms with Gasteiger partial charge in [0.15, 0.2) is 0 Å². The lowest BCUT2D eigenvalue weighted by molar-refractivity contribution is -0.880. The number of benzene rings is 1. The molecule has 0 spiro atoms. The van der Waals surface area contributed by atoms with E-state index in [1.54, 1.807) is 12.3 Å². The van der Waals surface area contributed by atoms with Crippen LogP contribution in [-0.4, -0.2) is 49.7 Å². The fourth-order valence-corrected chi connectivity index (χ4v) is 4.53. The van der Waals surface area contributed by atoms with Gasteiger partial charge in [0.05, 0.1) is 44.4 Å². The van der Waals surface area contributed by atoms with Crippen LogP contribution in [0.5, 0.6) is 0 Å². The van der Waals surface area contributed by atoms with Gasteiger partial charge in [0.1, 0.15) is 11.4 Å². The van der Waals surface area contributed by atoms with E-state index in [4.69, 9.17) is 0 Å². The van der Waals surface area contributed by atoms with Crippen molar-refractivity contribution in [1.82, 2.24) is 9.88 Å². The third-order valence-electron chi connectivity index (χ3n) is 6.38. The summed E-state index contributed by atoms with van der Waals surface area (Å²) in [7, 11) is 2.14. The number of carbonyl (C=O) groups excluding carboxylic acids is 1.